The Balaban J connectivity index is 1.73. The van der Waals surface area contributed by atoms with Crippen molar-refractivity contribution in [1.29, 1.82) is 0 Å². The van der Waals surface area contributed by atoms with Gasteiger partial charge in [0, 0.05) is 43.0 Å². The van der Waals surface area contributed by atoms with Gasteiger partial charge in [-0.2, -0.15) is 0 Å². The average Bonchev–Trinajstić information content (AvgIpc) is 3.10. The molecule has 1 amide bonds. The third-order valence-electron chi connectivity index (χ3n) is 4.17. The Hall–Kier alpha value is -2.57. The Labute approximate surface area is 160 Å². The van der Waals surface area contributed by atoms with Crippen molar-refractivity contribution in [2.75, 3.05) is 7.05 Å². The van der Waals surface area contributed by atoms with Gasteiger partial charge < -0.3 is 4.57 Å². The fourth-order valence-electron chi connectivity index (χ4n) is 2.84. The van der Waals surface area contributed by atoms with Crippen LogP contribution in [-0.2, 0) is 11.8 Å². The third-order valence-corrected chi connectivity index (χ3v) is 5.52. The van der Waals surface area contributed by atoms with Crippen LogP contribution in [0.1, 0.15) is 5.56 Å². The van der Waals surface area contributed by atoms with E-state index in [1.165, 1.54) is 16.7 Å². The number of carbonyl (C=O) groups is 1. The zero-order chi connectivity index (χ0) is 18.3. The molecule has 0 aliphatic carbocycles. The monoisotopic (exact) mass is 382 g/mol. The van der Waals surface area contributed by atoms with E-state index in [9.17, 15) is 4.79 Å². The Morgan fingerprint density at radius 2 is 2.00 bits per heavy atom. The first-order chi connectivity index (χ1) is 12.5. The number of fused-ring (bicyclic) bond motifs is 1. The molecule has 0 unspecified atom stereocenters. The molecule has 1 aliphatic rings. The van der Waals surface area contributed by atoms with Gasteiger partial charge in [0.05, 0.1) is 4.91 Å². The van der Waals surface area contributed by atoms with Crippen molar-refractivity contribution in [3.05, 3.63) is 64.4 Å². The number of para-hydroxylation sites is 1. The molecule has 1 aromatic carbocycles. The molecule has 0 saturated carbocycles. The van der Waals surface area contributed by atoms with E-state index in [2.05, 4.69) is 26.7 Å². The molecule has 0 spiro atoms. The van der Waals surface area contributed by atoms with Gasteiger partial charge in [0.25, 0.3) is 5.91 Å². The van der Waals surface area contributed by atoms with Crippen molar-refractivity contribution in [2.24, 2.45) is 12.0 Å². The van der Waals surface area contributed by atoms with E-state index in [-0.39, 0.29) is 5.91 Å². The summed E-state index contributed by atoms with van der Waals surface area (Å²) >= 11 is 7.41. The number of thioether (sulfide) groups is 1. The molecular weight excluding hydrogens is 368 g/mol. The number of benzene rings is 1. The zero-order valence-electron chi connectivity index (χ0n) is 14.2. The first-order valence-corrected chi connectivity index (χ1v) is 9.15. The standard InChI is InChI=1S/C19H15ClN4OS/c1-23-11-12(13-6-3-4-8-15(13)23)10-16-18(25)24(2)19(26-16)22-14-7-5-9-21-17(14)20/h3-11H,1-2H3/b16-10-,22-19?. The second-order valence-corrected chi connectivity index (χ2v) is 7.26. The SMILES string of the molecule is CN1C(=O)/C(=C/c2cn(C)c3ccccc23)SC1=Nc1cccnc1Cl. The molecule has 3 heterocycles. The molecule has 1 aliphatic heterocycles. The van der Waals surface area contributed by atoms with E-state index >= 15 is 0 Å². The van der Waals surface area contributed by atoms with E-state index < -0.39 is 0 Å². The van der Waals surface area contributed by atoms with E-state index in [1.54, 1.807) is 25.4 Å². The van der Waals surface area contributed by atoms with Gasteiger partial charge in [-0.3, -0.25) is 9.69 Å². The number of carbonyl (C=O) groups excluding carboxylic acids is 1. The highest BCUT2D eigenvalue weighted by Gasteiger charge is 2.30. The number of halogens is 1. The molecule has 5 nitrogen and oxygen atoms in total. The quantitative estimate of drug-likeness (QED) is 0.485. The summed E-state index contributed by atoms with van der Waals surface area (Å²) in [6, 6.07) is 11.7. The van der Waals surface area contributed by atoms with Crippen LogP contribution in [0.4, 0.5) is 5.69 Å². The Morgan fingerprint density at radius 1 is 1.19 bits per heavy atom. The molecule has 0 bridgehead atoms. The normalized spacial score (nSPS) is 17.8. The highest BCUT2D eigenvalue weighted by Crippen LogP contribution is 2.35. The molecule has 26 heavy (non-hydrogen) atoms. The largest absolute Gasteiger partial charge is 0.350 e. The molecule has 2 aromatic heterocycles. The number of pyridine rings is 1. The molecule has 0 N–H and O–H groups in total. The molecule has 7 heteroatoms. The predicted molar refractivity (Wildman–Crippen MR) is 108 cm³/mol. The Bertz CT molecular complexity index is 1090. The maximum Gasteiger partial charge on any atom is 0.266 e. The molecule has 3 aromatic rings. The Kier molecular flexibility index (Phi) is 4.30. The maximum atomic E-state index is 12.6. The van der Waals surface area contributed by atoms with Crippen molar-refractivity contribution >= 4 is 57.1 Å². The fourth-order valence-corrected chi connectivity index (χ4v) is 3.98. The summed E-state index contributed by atoms with van der Waals surface area (Å²) in [7, 11) is 3.71. The summed E-state index contributed by atoms with van der Waals surface area (Å²) in [6.07, 6.45) is 5.55. The average molecular weight is 383 g/mol. The van der Waals surface area contributed by atoms with Gasteiger partial charge in [0.2, 0.25) is 0 Å². The van der Waals surface area contributed by atoms with Crippen molar-refractivity contribution in [3.8, 4) is 0 Å². The number of rotatable bonds is 2. The van der Waals surface area contributed by atoms with Crippen LogP contribution < -0.4 is 0 Å². The summed E-state index contributed by atoms with van der Waals surface area (Å²) in [5.74, 6) is -0.0818. The summed E-state index contributed by atoms with van der Waals surface area (Å²) in [4.78, 5) is 23.3. The van der Waals surface area contributed by atoms with Gasteiger partial charge in [-0.1, -0.05) is 29.8 Å². The predicted octanol–water partition coefficient (Wildman–Crippen LogP) is 4.46. The van der Waals surface area contributed by atoms with Crippen LogP contribution in [-0.4, -0.2) is 32.6 Å². The maximum absolute atomic E-state index is 12.6. The lowest BCUT2D eigenvalue weighted by atomic mass is 10.1. The number of amides is 1. The smallest absolute Gasteiger partial charge is 0.266 e. The Morgan fingerprint density at radius 3 is 2.81 bits per heavy atom. The van der Waals surface area contributed by atoms with Crippen LogP contribution in [0, 0.1) is 0 Å². The number of nitrogens with zero attached hydrogens (tertiary/aromatic N) is 4. The van der Waals surface area contributed by atoms with Crippen LogP contribution in [0.15, 0.2) is 58.7 Å². The molecule has 1 saturated heterocycles. The molecule has 130 valence electrons. The van der Waals surface area contributed by atoms with Crippen LogP contribution in [0.3, 0.4) is 0 Å². The van der Waals surface area contributed by atoms with E-state index in [1.807, 2.05) is 31.5 Å². The van der Waals surface area contributed by atoms with Crippen molar-refractivity contribution in [3.63, 3.8) is 0 Å². The summed E-state index contributed by atoms with van der Waals surface area (Å²) < 4.78 is 2.06. The molecule has 0 atom stereocenters. The van der Waals surface area contributed by atoms with Crippen molar-refractivity contribution in [1.82, 2.24) is 14.5 Å². The summed E-state index contributed by atoms with van der Waals surface area (Å²) in [5.41, 5.74) is 2.68. The summed E-state index contributed by atoms with van der Waals surface area (Å²) in [6.45, 7) is 0. The highest BCUT2D eigenvalue weighted by atomic mass is 35.5. The first-order valence-electron chi connectivity index (χ1n) is 7.95. The van der Waals surface area contributed by atoms with Gasteiger partial charge in [0.1, 0.15) is 5.69 Å². The topological polar surface area (TPSA) is 50.5 Å². The van der Waals surface area contributed by atoms with E-state index in [4.69, 9.17) is 11.6 Å². The van der Waals surface area contributed by atoms with Crippen molar-refractivity contribution in [2.45, 2.75) is 0 Å². The van der Waals surface area contributed by atoms with Crippen LogP contribution >= 0.6 is 23.4 Å². The molecular formula is C19H15ClN4OS. The number of aliphatic imine (C=N–C) groups is 1. The molecule has 1 fully saturated rings. The van der Waals surface area contributed by atoms with Gasteiger partial charge in [-0.05, 0) is 36.0 Å². The van der Waals surface area contributed by atoms with Crippen LogP contribution in [0.2, 0.25) is 5.15 Å². The number of hydrogen-bond acceptors (Lipinski definition) is 4. The van der Waals surface area contributed by atoms with E-state index in [0.29, 0.717) is 20.9 Å². The second-order valence-electron chi connectivity index (χ2n) is 5.90. The number of aromatic nitrogens is 2. The minimum Gasteiger partial charge on any atom is -0.350 e. The third kappa shape index (κ3) is 2.91. The number of amidine groups is 1. The van der Waals surface area contributed by atoms with Crippen LogP contribution in [0.5, 0.6) is 0 Å². The first kappa shape index (κ1) is 16.9. The fraction of sp³-hybridized carbons (Fsp3) is 0.105. The second kappa shape index (κ2) is 6.63. The lowest BCUT2D eigenvalue weighted by Gasteiger charge is -2.07. The minimum absolute atomic E-state index is 0.0818. The number of aryl methyl sites for hydroxylation is 1. The van der Waals surface area contributed by atoms with Gasteiger partial charge in [-0.15, -0.1) is 0 Å². The highest BCUT2D eigenvalue weighted by molar-refractivity contribution is 8.18. The van der Waals surface area contributed by atoms with Gasteiger partial charge in [0.15, 0.2) is 10.3 Å². The lowest BCUT2D eigenvalue weighted by Crippen LogP contribution is -2.23. The van der Waals surface area contributed by atoms with Gasteiger partial charge in [-0.25, -0.2) is 9.98 Å². The lowest BCUT2D eigenvalue weighted by molar-refractivity contribution is -0.121. The van der Waals surface area contributed by atoms with Crippen LogP contribution in [0.25, 0.3) is 17.0 Å². The van der Waals surface area contributed by atoms with Crippen molar-refractivity contribution < 1.29 is 4.79 Å². The zero-order valence-corrected chi connectivity index (χ0v) is 15.8. The summed E-state index contributed by atoms with van der Waals surface area (Å²) in [5, 5.41) is 2.00. The molecule has 4 rings (SSSR count). The number of hydrogen-bond donors (Lipinski definition) is 0. The molecule has 0 radical (unpaired) electrons. The minimum atomic E-state index is -0.0818. The van der Waals surface area contributed by atoms with Gasteiger partial charge >= 0.3 is 0 Å². The number of likely N-dealkylation sites (N-methyl/N-ethyl adjacent to an activating group) is 1. The van der Waals surface area contributed by atoms with E-state index in [0.717, 1.165) is 16.5 Å².